The minimum absolute atomic E-state index is 0.0721. The Labute approximate surface area is 164 Å². The predicted molar refractivity (Wildman–Crippen MR) is 108 cm³/mol. The number of rotatable bonds is 6. The second kappa shape index (κ2) is 8.73. The third kappa shape index (κ3) is 5.22. The van der Waals surface area contributed by atoms with E-state index in [9.17, 15) is 13.2 Å². The fourth-order valence-corrected chi connectivity index (χ4v) is 4.45. The van der Waals surface area contributed by atoms with E-state index in [4.69, 9.17) is 11.6 Å². The molecule has 27 heavy (non-hydrogen) atoms. The van der Waals surface area contributed by atoms with E-state index in [0.717, 1.165) is 5.69 Å². The fraction of sp³-hybridized carbons (Fsp3) is 0.316. The van der Waals surface area contributed by atoms with Crippen molar-refractivity contribution < 1.29 is 13.2 Å². The van der Waals surface area contributed by atoms with Crippen LogP contribution in [0.4, 0.5) is 5.69 Å². The summed E-state index contributed by atoms with van der Waals surface area (Å²) in [6.45, 7) is 2.27. The Bertz CT molecular complexity index is 865. The van der Waals surface area contributed by atoms with Crippen molar-refractivity contribution in [1.82, 2.24) is 9.62 Å². The van der Waals surface area contributed by atoms with Crippen molar-refractivity contribution in [3.05, 3.63) is 65.2 Å². The highest BCUT2D eigenvalue weighted by molar-refractivity contribution is 7.89. The normalized spacial score (nSPS) is 15.5. The summed E-state index contributed by atoms with van der Waals surface area (Å²) in [5.74, 6) is -0.423. The van der Waals surface area contributed by atoms with Crippen LogP contribution >= 0.6 is 11.6 Å². The standard InChI is InChI=1S/C19H22ClN3O3S/c20-17-8-6-16(7-9-17)19(24)21-10-15-27(25,26)23-13-11-22(12-14-23)18-4-2-1-3-5-18/h1-9H,10-15H2,(H,21,24). The van der Waals surface area contributed by atoms with Crippen LogP contribution in [0.3, 0.4) is 0 Å². The summed E-state index contributed by atoms with van der Waals surface area (Å²) >= 11 is 5.80. The van der Waals surface area contributed by atoms with E-state index in [-0.39, 0.29) is 18.2 Å². The zero-order valence-corrected chi connectivity index (χ0v) is 16.4. The zero-order valence-electron chi connectivity index (χ0n) is 14.8. The maximum atomic E-state index is 12.5. The lowest BCUT2D eigenvalue weighted by Gasteiger charge is -2.35. The lowest BCUT2D eigenvalue weighted by atomic mass is 10.2. The highest BCUT2D eigenvalue weighted by Crippen LogP contribution is 2.17. The molecule has 2 aromatic rings. The molecule has 0 aromatic heterocycles. The molecule has 1 fully saturated rings. The number of sulfonamides is 1. The number of carbonyl (C=O) groups is 1. The molecule has 0 unspecified atom stereocenters. The van der Waals surface area contributed by atoms with Gasteiger partial charge < -0.3 is 10.2 Å². The number of amides is 1. The van der Waals surface area contributed by atoms with Crippen LogP contribution in [-0.2, 0) is 10.0 Å². The van der Waals surface area contributed by atoms with Crippen molar-refractivity contribution in [3.8, 4) is 0 Å². The average Bonchev–Trinajstić information content (AvgIpc) is 2.69. The monoisotopic (exact) mass is 407 g/mol. The molecule has 0 spiro atoms. The number of nitrogens with zero attached hydrogens (tertiary/aromatic N) is 2. The summed E-state index contributed by atoms with van der Waals surface area (Å²) < 4.78 is 26.6. The summed E-state index contributed by atoms with van der Waals surface area (Å²) in [7, 11) is -3.40. The molecule has 0 aliphatic carbocycles. The SMILES string of the molecule is O=C(NCCS(=O)(=O)N1CCN(c2ccccc2)CC1)c1ccc(Cl)cc1. The molecule has 1 aliphatic heterocycles. The van der Waals surface area contributed by atoms with Gasteiger partial charge in [0.25, 0.3) is 5.91 Å². The molecule has 0 bridgehead atoms. The summed E-state index contributed by atoms with van der Waals surface area (Å²) in [6, 6.07) is 16.4. The summed E-state index contributed by atoms with van der Waals surface area (Å²) in [5.41, 5.74) is 1.55. The van der Waals surface area contributed by atoms with E-state index in [2.05, 4.69) is 10.2 Å². The number of nitrogens with one attached hydrogen (secondary N) is 1. The average molecular weight is 408 g/mol. The molecule has 0 atom stereocenters. The quantitative estimate of drug-likeness (QED) is 0.797. The van der Waals surface area contributed by atoms with Crippen molar-refractivity contribution in [3.63, 3.8) is 0 Å². The first-order chi connectivity index (χ1) is 13.0. The van der Waals surface area contributed by atoms with Gasteiger partial charge in [-0.25, -0.2) is 8.42 Å². The molecule has 8 heteroatoms. The minimum atomic E-state index is -3.40. The Morgan fingerprint density at radius 1 is 0.963 bits per heavy atom. The van der Waals surface area contributed by atoms with E-state index in [1.165, 1.54) is 4.31 Å². The van der Waals surface area contributed by atoms with Crippen LogP contribution in [0, 0.1) is 0 Å². The largest absolute Gasteiger partial charge is 0.369 e. The maximum Gasteiger partial charge on any atom is 0.251 e. The predicted octanol–water partition coefficient (Wildman–Crippen LogP) is 2.22. The van der Waals surface area contributed by atoms with Gasteiger partial charge in [-0.3, -0.25) is 4.79 Å². The van der Waals surface area contributed by atoms with Gasteiger partial charge in [0, 0.05) is 49.0 Å². The summed E-state index contributed by atoms with van der Waals surface area (Å²) in [5, 5.41) is 3.20. The topological polar surface area (TPSA) is 69.7 Å². The number of anilines is 1. The van der Waals surface area contributed by atoms with Crippen molar-refractivity contribution in [2.45, 2.75) is 0 Å². The molecule has 1 saturated heterocycles. The Morgan fingerprint density at radius 3 is 2.22 bits per heavy atom. The summed E-state index contributed by atoms with van der Waals surface area (Å²) in [6.07, 6.45) is 0. The molecular weight excluding hydrogens is 386 g/mol. The van der Waals surface area contributed by atoms with Crippen LogP contribution in [-0.4, -0.2) is 57.1 Å². The molecule has 0 saturated carbocycles. The molecule has 1 heterocycles. The Kier molecular flexibility index (Phi) is 6.36. The third-order valence-electron chi connectivity index (χ3n) is 4.51. The highest BCUT2D eigenvalue weighted by atomic mass is 35.5. The van der Waals surface area contributed by atoms with Crippen molar-refractivity contribution in [2.24, 2.45) is 0 Å². The van der Waals surface area contributed by atoms with Gasteiger partial charge >= 0.3 is 0 Å². The van der Waals surface area contributed by atoms with Gasteiger partial charge in [-0.15, -0.1) is 0 Å². The second-order valence-corrected chi connectivity index (χ2v) is 8.83. The lowest BCUT2D eigenvalue weighted by molar-refractivity contribution is 0.0956. The first-order valence-corrected chi connectivity index (χ1v) is 10.8. The lowest BCUT2D eigenvalue weighted by Crippen LogP contribution is -2.50. The van der Waals surface area contributed by atoms with Crippen molar-refractivity contribution in [2.75, 3.05) is 43.4 Å². The number of hydrogen-bond donors (Lipinski definition) is 1. The Balaban J connectivity index is 1.47. The smallest absolute Gasteiger partial charge is 0.251 e. The molecule has 1 amide bonds. The number of para-hydroxylation sites is 1. The third-order valence-corrected chi connectivity index (χ3v) is 6.63. The number of carbonyl (C=O) groups excluding carboxylic acids is 1. The first-order valence-electron chi connectivity index (χ1n) is 8.77. The molecule has 1 N–H and O–H groups in total. The van der Waals surface area contributed by atoms with Crippen LogP contribution in [0.5, 0.6) is 0 Å². The van der Waals surface area contributed by atoms with Gasteiger partial charge in [0.05, 0.1) is 5.75 Å². The molecule has 2 aromatic carbocycles. The van der Waals surface area contributed by atoms with Gasteiger partial charge in [-0.2, -0.15) is 4.31 Å². The number of piperazine rings is 1. The Morgan fingerprint density at radius 2 is 1.59 bits per heavy atom. The van der Waals surface area contributed by atoms with E-state index in [1.807, 2.05) is 30.3 Å². The molecular formula is C19H22ClN3O3S. The van der Waals surface area contributed by atoms with Gasteiger partial charge in [-0.1, -0.05) is 29.8 Å². The fourth-order valence-electron chi connectivity index (χ4n) is 2.99. The van der Waals surface area contributed by atoms with Crippen LogP contribution in [0.2, 0.25) is 5.02 Å². The van der Waals surface area contributed by atoms with Crippen LogP contribution < -0.4 is 10.2 Å². The molecule has 3 rings (SSSR count). The Hall–Kier alpha value is -2.09. The van der Waals surface area contributed by atoms with Crippen molar-refractivity contribution in [1.29, 1.82) is 0 Å². The minimum Gasteiger partial charge on any atom is -0.369 e. The molecule has 6 nitrogen and oxygen atoms in total. The molecule has 144 valence electrons. The van der Waals surface area contributed by atoms with E-state index >= 15 is 0 Å². The van der Waals surface area contributed by atoms with Gasteiger partial charge in [-0.05, 0) is 36.4 Å². The van der Waals surface area contributed by atoms with Crippen LogP contribution in [0.1, 0.15) is 10.4 Å². The van der Waals surface area contributed by atoms with E-state index < -0.39 is 10.0 Å². The number of hydrogen-bond acceptors (Lipinski definition) is 4. The van der Waals surface area contributed by atoms with E-state index in [1.54, 1.807) is 24.3 Å². The first kappa shape index (κ1) is 19.7. The van der Waals surface area contributed by atoms with Crippen molar-refractivity contribution >= 4 is 33.2 Å². The molecule has 0 radical (unpaired) electrons. The van der Waals surface area contributed by atoms with Gasteiger partial charge in [0.2, 0.25) is 10.0 Å². The second-order valence-electron chi connectivity index (χ2n) is 6.30. The van der Waals surface area contributed by atoms with Gasteiger partial charge in [0.15, 0.2) is 0 Å². The maximum absolute atomic E-state index is 12.5. The van der Waals surface area contributed by atoms with Gasteiger partial charge in [0.1, 0.15) is 0 Å². The molecule has 1 aliphatic rings. The highest BCUT2D eigenvalue weighted by Gasteiger charge is 2.26. The number of halogens is 1. The van der Waals surface area contributed by atoms with Crippen LogP contribution in [0.15, 0.2) is 54.6 Å². The zero-order chi connectivity index (χ0) is 19.3. The van der Waals surface area contributed by atoms with Crippen LogP contribution in [0.25, 0.3) is 0 Å². The summed E-state index contributed by atoms with van der Waals surface area (Å²) in [4.78, 5) is 14.2. The number of benzene rings is 2. The van der Waals surface area contributed by atoms with E-state index in [0.29, 0.717) is 36.8 Å².